The number of hydrogen-bond donors (Lipinski definition) is 2. The first kappa shape index (κ1) is 18.1. The Hall–Kier alpha value is -0.850. The van der Waals surface area contributed by atoms with Gasteiger partial charge in [-0.05, 0) is 30.2 Å². The molecule has 0 bridgehead atoms. The van der Waals surface area contributed by atoms with Crippen LogP contribution in [0.25, 0.3) is 0 Å². The van der Waals surface area contributed by atoms with E-state index < -0.39 is 11.8 Å². The zero-order valence-corrected chi connectivity index (χ0v) is 12.2. The number of hydrogen-bond acceptors (Lipinski definition) is 3. The van der Waals surface area contributed by atoms with Crippen molar-refractivity contribution in [3.05, 3.63) is 24.3 Å². The van der Waals surface area contributed by atoms with Crippen LogP contribution < -0.4 is 11.1 Å². The van der Waals surface area contributed by atoms with E-state index in [0.717, 1.165) is 0 Å². The molecule has 0 spiro atoms. The number of anilines is 1. The summed E-state index contributed by atoms with van der Waals surface area (Å²) in [6, 6.07) is 5.64. The molecule has 19 heavy (non-hydrogen) atoms. The van der Waals surface area contributed by atoms with Crippen LogP contribution in [0.2, 0.25) is 0 Å². The van der Waals surface area contributed by atoms with Gasteiger partial charge in [0, 0.05) is 10.6 Å². The number of halogens is 3. The molecule has 0 fully saturated rings. The van der Waals surface area contributed by atoms with Crippen LogP contribution in [-0.2, 0) is 4.79 Å². The second-order valence-corrected chi connectivity index (χ2v) is 5.23. The van der Waals surface area contributed by atoms with Gasteiger partial charge >= 0.3 is 0 Å². The third-order valence-electron chi connectivity index (χ3n) is 2.37. The minimum absolute atomic E-state index is 0. The third kappa shape index (κ3) is 6.22. The maximum atomic E-state index is 12.1. The number of amides is 1. The number of carbonyl (C=O) groups excluding carboxylic acids is 1. The summed E-state index contributed by atoms with van der Waals surface area (Å²) < 4.78 is 24.2. The zero-order valence-electron chi connectivity index (χ0n) is 10.6. The highest BCUT2D eigenvalue weighted by atomic mass is 35.5. The van der Waals surface area contributed by atoms with Crippen LogP contribution in [0.15, 0.2) is 29.2 Å². The summed E-state index contributed by atoms with van der Waals surface area (Å²) >= 11 is 0.466. The number of alkyl halides is 2. The van der Waals surface area contributed by atoms with Gasteiger partial charge in [-0.15, -0.1) is 12.4 Å². The molecule has 0 aliphatic heterocycles. The minimum atomic E-state index is -2.44. The number of carbonyl (C=O) groups is 1. The van der Waals surface area contributed by atoms with Gasteiger partial charge in [0.2, 0.25) is 5.91 Å². The second-order valence-electron chi connectivity index (χ2n) is 4.16. The molecular formula is C12H17ClF2N2OS. The predicted molar refractivity (Wildman–Crippen MR) is 77.0 cm³/mol. The lowest BCUT2D eigenvalue weighted by Gasteiger charge is -2.15. The number of nitrogens with two attached hydrogens (primary N) is 1. The molecular weight excluding hydrogens is 294 g/mol. The van der Waals surface area contributed by atoms with Crippen molar-refractivity contribution in [1.82, 2.24) is 0 Å². The lowest BCUT2D eigenvalue weighted by atomic mass is 10.1. The monoisotopic (exact) mass is 310 g/mol. The van der Waals surface area contributed by atoms with Crippen molar-refractivity contribution in [1.29, 1.82) is 0 Å². The quantitative estimate of drug-likeness (QED) is 0.820. The molecule has 0 saturated carbocycles. The molecule has 7 heteroatoms. The van der Waals surface area contributed by atoms with Crippen molar-refractivity contribution in [2.45, 2.75) is 30.5 Å². The molecule has 1 amide bonds. The van der Waals surface area contributed by atoms with Gasteiger partial charge in [-0.3, -0.25) is 4.79 Å². The summed E-state index contributed by atoms with van der Waals surface area (Å²) in [5.41, 5.74) is 6.24. The van der Waals surface area contributed by atoms with E-state index in [9.17, 15) is 13.6 Å². The summed E-state index contributed by atoms with van der Waals surface area (Å²) in [7, 11) is 0. The molecule has 0 aliphatic carbocycles. The van der Waals surface area contributed by atoms with E-state index in [1.165, 1.54) is 12.1 Å². The number of thioether (sulfide) groups is 1. The van der Waals surface area contributed by atoms with E-state index in [2.05, 4.69) is 5.32 Å². The molecule has 1 aromatic rings. The third-order valence-corrected chi connectivity index (χ3v) is 3.09. The van der Waals surface area contributed by atoms with Crippen LogP contribution in [-0.4, -0.2) is 17.7 Å². The average molecular weight is 311 g/mol. The SMILES string of the molecule is CC(C)[C@@H](N)C(=O)Nc1ccc(SC(F)F)cc1.Cl. The highest BCUT2D eigenvalue weighted by molar-refractivity contribution is 7.99. The van der Waals surface area contributed by atoms with Crippen molar-refractivity contribution >= 4 is 35.8 Å². The van der Waals surface area contributed by atoms with Crippen LogP contribution in [0.5, 0.6) is 0 Å². The first-order chi connectivity index (χ1) is 8.40. The fourth-order valence-electron chi connectivity index (χ4n) is 1.25. The summed E-state index contributed by atoms with van der Waals surface area (Å²) in [6.45, 7) is 3.71. The molecule has 1 atom stereocenters. The van der Waals surface area contributed by atoms with Crippen LogP contribution in [0, 0.1) is 5.92 Å². The Morgan fingerprint density at radius 3 is 2.21 bits per heavy atom. The van der Waals surface area contributed by atoms with Crippen molar-refractivity contribution < 1.29 is 13.6 Å². The molecule has 0 heterocycles. The summed E-state index contributed by atoms with van der Waals surface area (Å²) in [5, 5.41) is 2.64. The number of nitrogens with one attached hydrogen (secondary N) is 1. The Bertz CT molecular complexity index is 401. The molecule has 3 nitrogen and oxygen atoms in total. The van der Waals surface area contributed by atoms with Crippen molar-refractivity contribution in [2.24, 2.45) is 11.7 Å². The van der Waals surface area contributed by atoms with Crippen LogP contribution in [0.3, 0.4) is 0 Å². The van der Waals surface area contributed by atoms with E-state index in [1.807, 2.05) is 13.8 Å². The average Bonchev–Trinajstić information content (AvgIpc) is 2.29. The highest BCUT2D eigenvalue weighted by Crippen LogP contribution is 2.26. The van der Waals surface area contributed by atoms with Gasteiger partial charge in [0.1, 0.15) is 0 Å². The normalized spacial score (nSPS) is 12.2. The second kappa shape index (κ2) is 8.35. The standard InChI is InChI=1S/C12H16F2N2OS.ClH/c1-7(2)10(15)11(17)16-8-3-5-9(6-4-8)18-12(13)14;/h3-7,10,12H,15H2,1-2H3,(H,16,17);1H/t10-;/m1./s1. The van der Waals surface area contributed by atoms with Crippen LogP contribution in [0.4, 0.5) is 14.5 Å². The van der Waals surface area contributed by atoms with Crippen LogP contribution >= 0.6 is 24.2 Å². The smallest absolute Gasteiger partial charge is 0.288 e. The van der Waals surface area contributed by atoms with Crippen molar-refractivity contribution in [2.75, 3.05) is 5.32 Å². The first-order valence-corrected chi connectivity index (χ1v) is 6.39. The van der Waals surface area contributed by atoms with Crippen LogP contribution in [0.1, 0.15) is 13.8 Å². The van der Waals surface area contributed by atoms with Gasteiger partial charge in [0.25, 0.3) is 5.76 Å². The molecule has 0 radical (unpaired) electrons. The fourth-order valence-corrected chi connectivity index (χ4v) is 1.75. The summed E-state index contributed by atoms with van der Waals surface area (Å²) in [6.07, 6.45) is 0. The summed E-state index contributed by atoms with van der Waals surface area (Å²) in [5.74, 6) is -2.68. The van der Waals surface area contributed by atoms with E-state index in [1.54, 1.807) is 12.1 Å². The Balaban J connectivity index is 0.00000324. The number of rotatable bonds is 5. The predicted octanol–water partition coefficient (Wildman–Crippen LogP) is 3.34. The van der Waals surface area contributed by atoms with Gasteiger partial charge in [-0.2, -0.15) is 8.78 Å². The Labute approximate surface area is 121 Å². The van der Waals surface area contributed by atoms with Gasteiger partial charge in [-0.25, -0.2) is 0 Å². The molecule has 1 rings (SSSR count). The summed E-state index contributed by atoms with van der Waals surface area (Å²) in [4.78, 5) is 12.1. The molecule has 0 unspecified atom stereocenters. The molecule has 0 aromatic heterocycles. The van der Waals surface area contributed by atoms with Gasteiger partial charge in [-0.1, -0.05) is 25.6 Å². The Morgan fingerprint density at radius 2 is 1.79 bits per heavy atom. The molecule has 1 aromatic carbocycles. The van der Waals surface area contributed by atoms with Gasteiger partial charge in [0.15, 0.2) is 0 Å². The molecule has 0 aliphatic rings. The van der Waals surface area contributed by atoms with Gasteiger partial charge < -0.3 is 11.1 Å². The molecule has 0 saturated heterocycles. The Morgan fingerprint density at radius 1 is 1.26 bits per heavy atom. The van der Waals surface area contributed by atoms with E-state index in [-0.39, 0.29) is 24.2 Å². The zero-order chi connectivity index (χ0) is 13.7. The van der Waals surface area contributed by atoms with Gasteiger partial charge in [0.05, 0.1) is 6.04 Å². The highest BCUT2D eigenvalue weighted by Gasteiger charge is 2.17. The lowest BCUT2D eigenvalue weighted by Crippen LogP contribution is -2.39. The van der Waals surface area contributed by atoms with E-state index in [0.29, 0.717) is 22.3 Å². The molecule has 3 N–H and O–H groups in total. The maximum absolute atomic E-state index is 12.1. The largest absolute Gasteiger partial charge is 0.325 e. The fraction of sp³-hybridized carbons (Fsp3) is 0.417. The number of benzene rings is 1. The minimum Gasteiger partial charge on any atom is -0.325 e. The lowest BCUT2D eigenvalue weighted by molar-refractivity contribution is -0.118. The Kier molecular flexibility index (Phi) is 7.97. The maximum Gasteiger partial charge on any atom is 0.288 e. The first-order valence-electron chi connectivity index (χ1n) is 5.51. The van der Waals surface area contributed by atoms with E-state index >= 15 is 0 Å². The topological polar surface area (TPSA) is 55.1 Å². The van der Waals surface area contributed by atoms with E-state index in [4.69, 9.17) is 5.73 Å². The van der Waals surface area contributed by atoms with Crippen molar-refractivity contribution in [3.8, 4) is 0 Å². The molecule has 108 valence electrons. The van der Waals surface area contributed by atoms with Crippen molar-refractivity contribution in [3.63, 3.8) is 0 Å².